The van der Waals surface area contributed by atoms with E-state index in [9.17, 15) is 8.42 Å². The van der Waals surface area contributed by atoms with Gasteiger partial charge in [0.1, 0.15) is 0 Å². The monoisotopic (exact) mass is 296 g/mol. The minimum absolute atomic E-state index is 0.267. The molecule has 112 valence electrons. The average Bonchev–Trinajstić information content (AvgIpc) is 2.62. The van der Waals surface area contributed by atoms with Crippen molar-refractivity contribution in [3.63, 3.8) is 0 Å². The molecule has 0 radical (unpaired) electrons. The van der Waals surface area contributed by atoms with Gasteiger partial charge in [0, 0.05) is 24.8 Å². The topological polar surface area (TPSA) is 49.4 Å². The predicted octanol–water partition coefficient (Wildman–Crippen LogP) is 1.98. The molecule has 0 aromatic heterocycles. The van der Waals surface area contributed by atoms with Crippen molar-refractivity contribution in [2.24, 2.45) is 0 Å². The molecule has 1 atom stereocenters. The number of benzene rings is 1. The van der Waals surface area contributed by atoms with Gasteiger partial charge in [0.15, 0.2) is 9.84 Å². The summed E-state index contributed by atoms with van der Waals surface area (Å²) in [7, 11) is -0.867. The number of nitrogens with one attached hydrogen (secondary N) is 1. The summed E-state index contributed by atoms with van der Waals surface area (Å²) >= 11 is 0. The second kappa shape index (κ2) is 6.59. The second-order valence-corrected chi connectivity index (χ2v) is 7.64. The van der Waals surface area contributed by atoms with E-state index < -0.39 is 9.84 Å². The molecule has 1 aromatic rings. The van der Waals surface area contributed by atoms with Crippen LogP contribution in [0, 0.1) is 0 Å². The SMILES string of the molecule is CCC(NC)c1ccc(N2CCCS(=O)(=O)CC2)cc1. The number of nitrogens with zero attached hydrogens (tertiary/aromatic N) is 1. The molecule has 0 saturated carbocycles. The maximum Gasteiger partial charge on any atom is 0.152 e. The average molecular weight is 296 g/mol. The quantitative estimate of drug-likeness (QED) is 0.923. The highest BCUT2D eigenvalue weighted by Crippen LogP contribution is 2.22. The van der Waals surface area contributed by atoms with Crippen molar-refractivity contribution in [3.8, 4) is 0 Å². The molecule has 1 N–H and O–H groups in total. The van der Waals surface area contributed by atoms with Crippen LogP contribution in [-0.2, 0) is 9.84 Å². The third kappa shape index (κ3) is 3.73. The Kier molecular flexibility index (Phi) is 5.05. The van der Waals surface area contributed by atoms with Gasteiger partial charge in [-0.3, -0.25) is 0 Å². The van der Waals surface area contributed by atoms with Crippen molar-refractivity contribution in [3.05, 3.63) is 29.8 Å². The lowest BCUT2D eigenvalue weighted by Gasteiger charge is -2.23. The van der Waals surface area contributed by atoms with Crippen LogP contribution >= 0.6 is 0 Å². The van der Waals surface area contributed by atoms with Gasteiger partial charge in [-0.2, -0.15) is 0 Å². The minimum atomic E-state index is -2.84. The zero-order valence-electron chi connectivity index (χ0n) is 12.3. The van der Waals surface area contributed by atoms with Crippen molar-refractivity contribution < 1.29 is 8.42 Å². The summed E-state index contributed by atoms with van der Waals surface area (Å²) in [5, 5.41) is 3.29. The van der Waals surface area contributed by atoms with Crippen molar-refractivity contribution in [2.75, 3.05) is 36.5 Å². The van der Waals surface area contributed by atoms with E-state index in [1.165, 1.54) is 5.56 Å². The Balaban J connectivity index is 2.10. The third-order valence-corrected chi connectivity index (χ3v) is 5.69. The predicted molar refractivity (Wildman–Crippen MR) is 84.0 cm³/mol. The van der Waals surface area contributed by atoms with Gasteiger partial charge in [0.05, 0.1) is 11.5 Å². The maximum atomic E-state index is 11.6. The van der Waals surface area contributed by atoms with Crippen LogP contribution in [-0.4, -0.2) is 40.1 Å². The van der Waals surface area contributed by atoms with Crippen LogP contribution in [0.15, 0.2) is 24.3 Å². The van der Waals surface area contributed by atoms with E-state index in [2.05, 4.69) is 41.4 Å². The van der Waals surface area contributed by atoms with E-state index in [0.717, 1.165) is 25.1 Å². The fraction of sp³-hybridized carbons (Fsp3) is 0.600. The molecule has 1 saturated heterocycles. The van der Waals surface area contributed by atoms with Gasteiger partial charge in [0.25, 0.3) is 0 Å². The van der Waals surface area contributed by atoms with Crippen LogP contribution in [0.3, 0.4) is 0 Å². The lowest BCUT2D eigenvalue weighted by Crippen LogP contribution is -2.26. The highest BCUT2D eigenvalue weighted by atomic mass is 32.2. The van der Waals surface area contributed by atoms with Gasteiger partial charge >= 0.3 is 0 Å². The number of sulfone groups is 1. The second-order valence-electron chi connectivity index (χ2n) is 5.33. The fourth-order valence-corrected chi connectivity index (χ4v) is 3.99. The molecule has 1 heterocycles. The molecule has 0 aliphatic carbocycles. The molecule has 20 heavy (non-hydrogen) atoms. The van der Waals surface area contributed by atoms with Crippen LogP contribution in [0.25, 0.3) is 0 Å². The van der Waals surface area contributed by atoms with Crippen LogP contribution < -0.4 is 10.2 Å². The molecule has 1 aliphatic heterocycles. The van der Waals surface area contributed by atoms with Crippen LogP contribution in [0.4, 0.5) is 5.69 Å². The van der Waals surface area contributed by atoms with Crippen molar-refractivity contribution in [1.82, 2.24) is 5.32 Å². The third-order valence-electron chi connectivity index (χ3n) is 3.97. The molecule has 0 bridgehead atoms. The molecular weight excluding hydrogens is 272 g/mol. The summed E-state index contributed by atoms with van der Waals surface area (Å²) in [6.45, 7) is 3.58. The van der Waals surface area contributed by atoms with Gasteiger partial charge in [-0.05, 0) is 37.6 Å². The summed E-state index contributed by atoms with van der Waals surface area (Å²) in [4.78, 5) is 2.18. The lowest BCUT2D eigenvalue weighted by molar-refractivity contribution is 0.577. The normalized spacial score (nSPS) is 20.4. The number of anilines is 1. The molecule has 0 amide bonds. The fourth-order valence-electron chi connectivity index (χ4n) is 2.72. The standard InChI is InChI=1S/C15H24N2O2S/c1-3-15(16-2)13-5-7-14(8-6-13)17-9-4-11-20(18,19)12-10-17/h5-8,15-16H,3-4,9-12H2,1-2H3. The zero-order valence-corrected chi connectivity index (χ0v) is 13.1. The lowest BCUT2D eigenvalue weighted by atomic mass is 10.0. The largest absolute Gasteiger partial charge is 0.370 e. The van der Waals surface area contributed by atoms with Gasteiger partial charge in [-0.25, -0.2) is 8.42 Å². The molecule has 4 nitrogen and oxygen atoms in total. The Morgan fingerprint density at radius 3 is 2.50 bits per heavy atom. The zero-order chi connectivity index (χ0) is 14.6. The Bertz CT molecular complexity index is 521. The van der Waals surface area contributed by atoms with E-state index in [-0.39, 0.29) is 5.75 Å². The van der Waals surface area contributed by atoms with Crippen LogP contribution in [0.5, 0.6) is 0 Å². The van der Waals surface area contributed by atoms with Gasteiger partial charge in [-0.1, -0.05) is 19.1 Å². The van der Waals surface area contributed by atoms with Gasteiger partial charge < -0.3 is 10.2 Å². The Morgan fingerprint density at radius 2 is 1.90 bits per heavy atom. The summed E-state index contributed by atoms with van der Waals surface area (Å²) in [5.74, 6) is 0.585. The van der Waals surface area contributed by atoms with E-state index in [0.29, 0.717) is 18.3 Å². The molecule has 1 aliphatic rings. The Labute approximate surface area is 122 Å². The van der Waals surface area contributed by atoms with E-state index in [4.69, 9.17) is 0 Å². The maximum absolute atomic E-state index is 11.6. The van der Waals surface area contributed by atoms with Gasteiger partial charge in [0.2, 0.25) is 0 Å². The van der Waals surface area contributed by atoms with Crippen molar-refractivity contribution in [2.45, 2.75) is 25.8 Å². The first-order chi connectivity index (χ1) is 9.55. The molecule has 1 aromatic carbocycles. The molecule has 2 rings (SSSR count). The van der Waals surface area contributed by atoms with E-state index in [1.807, 2.05) is 7.05 Å². The Morgan fingerprint density at radius 1 is 1.20 bits per heavy atom. The molecule has 1 unspecified atom stereocenters. The first-order valence-corrected chi connectivity index (χ1v) is 9.10. The number of rotatable bonds is 4. The summed E-state index contributed by atoms with van der Waals surface area (Å²) in [6.07, 6.45) is 1.77. The first kappa shape index (κ1) is 15.3. The highest BCUT2D eigenvalue weighted by molar-refractivity contribution is 7.91. The first-order valence-electron chi connectivity index (χ1n) is 7.28. The smallest absolute Gasteiger partial charge is 0.152 e. The molecule has 0 spiro atoms. The molecule has 5 heteroatoms. The highest BCUT2D eigenvalue weighted by Gasteiger charge is 2.19. The van der Waals surface area contributed by atoms with Crippen LogP contribution in [0.1, 0.15) is 31.4 Å². The minimum Gasteiger partial charge on any atom is -0.370 e. The van der Waals surface area contributed by atoms with Crippen molar-refractivity contribution in [1.29, 1.82) is 0 Å². The molecule has 1 fully saturated rings. The Hall–Kier alpha value is -1.07. The summed E-state index contributed by atoms with van der Waals surface area (Å²) in [6, 6.07) is 8.87. The number of hydrogen-bond donors (Lipinski definition) is 1. The van der Waals surface area contributed by atoms with Crippen LogP contribution in [0.2, 0.25) is 0 Å². The van der Waals surface area contributed by atoms with E-state index in [1.54, 1.807) is 0 Å². The number of hydrogen-bond acceptors (Lipinski definition) is 4. The van der Waals surface area contributed by atoms with Crippen molar-refractivity contribution >= 4 is 15.5 Å². The summed E-state index contributed by atoms with van der Waals surface area (Å²) in [5.41, 5.74) is 2.40. The molecular formula is C15H24N2O2S. The summed E-state index contributed by atoms with van der Waals surface area (Å²) < 4.78 is 23.3. The van der Waals surface area contributed by atoms with E-state index >= 15 is 0 Å². The van der Waals surface area contributed by atoms with Gasteiger partial charge in [-0.15, -0.1) is 0 Å².